The van der Waals surface area contributed by atoms with Crippen LogP contribution in [0.3, 0.4) is 0 Å². The minimum atomic E-state index is 0.214. The van der Waals surface area contributed by atoms with E-state index in [1.165, 1.54) is 11.3 Å². The Morgan fingerprint density at radius 2 is 2.14 bits per heavy atom. The van der Waals surface area contributed by atoms with E-state index < -0.39 is 0 Å². The number of hydrogen-bond donors (Lipinski definition) is 1. The Hall–Kier alpha value is -1.13. The molecule has 1 fully saturated rings. The zero-order valence-electron chi connectivity index (χ0n) is 14.0. The maximum atomic E-state index is 5.93. The van der Waals surface area contributed by atoms with Crippen LogP contribution in [-0.4, -0.2) is 38.3 Å². The van der Waals surface area contributed by atoms with Gasteiger partial charge in [0, 0.05) is 63.4 Å². The second kappa shape index (κ2) is 6.75. The zero-order chi connectivity index (χ0) is 15.5. The smallest absolute Gasteiger partial charge is 0.0664 e. The number of nitrogens with one attached hydrogen (secondary N) is 1. The number of pyridine rings is 1. The molecule has 0 saturated carbocycles. The maximum absolute atomic E-state index is 5.93. The summed E-state index contributed by atoms with van der Waals surface area (Å²) in [6.45, 7) is 9.55. The predicted octanol–water partition coefficient (Wildman–Crippen LogP) is 2.69. The number of aromatic nitrogens is 1. The first-order chi connectivity index (χ1) is 9.89. The van der Waals surface area contributed by atoms with Gasteiger partial charge in [0.05, 0.1) is 6.10 Å². The van der Waals surface area contributed by atoms with Gasteiger partial charge in [-0.05, 0) is 17.9 Å². The quantitative estimate of drug-likeness (QED) is 0.905. The van der Waals surface area contributed by atoms with Gasteiger partial charge in [-0.25, -0.2) is 0 Å². The molecule has 2 heterocycles. The lowest BCUT2D eigenvalue weighted by molar-refractivity contribution is 0.00721. The SMILES string of the molecule is CN(C)c1ccncc1CNC[C@H]1CCO[C@@H]1C(C)(C)C. The first-order valence-corrected chi connectivity index (χ1v) is 7.82. The molecule has 0 aliphatic carbocycles. The van der Waals surface area contributed by atoms with Gasteiger partial charge in [0.25, 0.3) is 0 Å². The fourth-order valence-electron chi connectivity index (χ4n) is 3.18. The summed E-state index contributed by atoms with van der Waals surface area (Å²) in [6, 6.07) is 2.06. The highest BCUT2D eigenvalue weighted by Gasteiger charge is 2.36. The normalized spacial score (nSPS) is 22.5. The lowest BCUT2D eigenvalue weighted by Crippen LogP contribution is -2.36. The van der Waals surface area contributed by atoms with Crippen molar-refractivity contribution < 1.29 is 4.74 Å². The fraction of sp³-hybridized carbons (Fsp3) is 0.706. The van der Waals surface area contributed by atoms with E-state index in [4.69, 9.17) is 4.74 Å². The van der Waals surface area contributed by atoms with Crippen molar-refractivity contribution in [1.82, 2.24) is 10.3 Å². The van der Waals surface area contributed by atoms with E-state index in [1.54, 1.807) is 0 Å². The largest absolute Gasteiger partial charge is 0.377 e. The summed E-state index contributed by atoms with van der Waals surface area (Å²) in [4.78, 5) is 6.38. The van der Waals surface area contributed by atoms with Gasteiger partial charge in [-0.1, -0.05) is 20.8 Å². The summed E-state index contributed by atoms with van der Waals surface area (Å²) < 4.78 is 5.93. The van der Waals surface area contributed by atoms with Crippen molar-refractivity contribution in [3.8, 4) is 0 Å². The van der Waals surface area contributed by atoms with Gasteiger partial charge in [-0.15, -0.1) is 0 Å². The number of anilines is 1. The molecule has 0 aromatic carbocycles. The molecule has 1 aliphatic rings. The second-order valence-electron chi connectivity index (χ2n) is 7.24. The van der Waals surface area contributed by atoms with Crippen LogP contribution in [0.5, 0.6) is 0 Å². The van der Waals surface area contributed by atoms with Crippen LogP contribution >= 0.6 is 0 Å². The Bertz CT molecular complexity index is 454. The molecule has 0 bridgehead atoms. The number of nitrogens with zero attached hydrogens (tertiary/aromatic N) is 2. The van der Waals surface area contributed by atoms with Gasteiger partial charge >= 0.3 is 0 Å². The van der Waals surface area contributed by atoms with Crippen LogP contribution in [0, 0.1) is 11.3 Å². The topological polar surface area (TPSA) is 37.4 Å². The molecule has 2 atom stereocenters. The highest BCUT2D eigenvalue weighted by Crippen LogP contribution is 2.34. The third-order valence-corrected chi connectivity index (χ3v) is 4.15. The molecule has 1 N–H and O–H groups in total. The molecule has 4 nitrogen and oxygen atoms in total. The van der Waals surface area contributed by atoms with E-state index in [0.717, 1.165) is 26.1 Å². The molecule has 1 aliphatic heterocycles. The Labute approximate surface area is 128 Å². The summed E-state index contributed by atoms with van der Waals surface area (Å²) in [5.74, 6) is 0.601. The summed E-state index contributed by atoms with van der Waals surface area (Å²) >= 11 is 0. The van der Waals surface area contributed by atoms with Gasteiger partial charge in [-0.2, -0.15) is 0 Å². The molecule has 0 radical (unpaired) electrons. The van der Waals surface area contributed by atoms with Gasteiger partial charge in [0.2, 0.25) is 0 Å². The van der Waals surface area contributed by atoms with Crippen molar-refractivity contribution in [3.05, 3.63) is 24.0 Å². The molecule has 1 saturated heterocycles. The van der Waals surface area contributed by atoms with Crippen LogP contribution in [0.2, 0.25) is 0 Å². The van der Waals surface area contributed by atoms with Gasteiger partial charge in [-0.3, -0.25) is 4.98 Å². The molecule has 1 aromatic rings. The minimum absolute atomic E-state index is 0.214. The Morgan fingerprint density at radius 1 is 1.38 bits per heavy atom. The molecule has 0 amide bonds. The van der Waals surface area contributed by atoms with E-state index in [9.17, 15) is 0 Å². The fourth-order valence-corrected chi connectivity index (χ4v) is 3.18. The molecule has 0 spiro atoms. The van der Waals surface area contributed by atoms with Crippen LogP contribution in [0.15, 0.2) is 18.5 Å². The molecule has 118 valence electrons. The van der Waals surface area contributed by atoms with Gasteiger partial charge < -0.3 is 15.0 Å². The van der Waals surface area contributed by atoms with Crippen molar-refractivity contribution >= 4 is 5.69 Å². The highest BCUT2D eigenvalue weighted by molar-refractivity contribution is 5.50. The van der Waals surface area contributed by atoms with E-state index in [0.29, 0.717) is 12.0 Å². The molecule has 4 heteroatoms. The zero-order valence-corrected chi connectivity index (χ0v) is 14.0. The molecular weight excluding hydrogens is 262 g/mol. The van der Waals surface area contributed by atoms with Crippen LogP contribution in [-0.2, 0) is 11.3 Å². The molecule has 1 aromatic heterocycles. The van der Waals surface area contributed by atoms with Crippen LogP contribution in [0.25, 0.3) is 0 Å². The van der Waals surface area contributed by atoms with E-state index in [-0.39, 0.29) is 5.41 Å². The number of ether oxygens (including phenoxy) is 1. The van der Waals surface area contributed by atoms with Crippen molar-refractivity contribution in [2.75, 3.05) is 32.1 Å². The second-order valence-corrected chi connectivity index (χ2v) is 7.24. The summed E-state index contributed by atoms with van der Waals surface area (Å²) in [5, 5.41) is 3.59. The van der Waals surface area contributed by atoms with E-state index in [2.05, 4.69) is 56.1 Å². The molecule has 2 rings (SSSR count). The average molecular weight is 291 g/mol. The Kier molecular flexibility index (Phi) is 5.22. The van der Waals surface area contributed by atoms with Gasteiger partial charge in [0.1, 0.15) is 0 Å². The number of hydrogen-bond acceptors (Lipinski definition) is 4. The first-order valence-electron chi connectivity index (χ1n) is 7.82. The lowest BCUT2D eigenvalue weighted by atomic mass is 9.81. The van der Waals surface area contributed by atoms with E-state index >= 15 is 0 Å². The first kappa shape index (κ1) is 16.2. The molecular formula is C17H29N3O. The van der Waals surface area contributed by atoms with Crippen LogP contribution < -0.4 is 10.2 Å². The van der Waals surface area contributed by atoms with E-state index in [1.807, 2.05) is 12.4 Å². The van der Waals surface area contributed by atoms with Crippen molar-refractivity contribution in [3.63, 3.8) is 0 Å². The molecule has 21 heavy (non-hydrogen) atoms. The Morgan fingerprint density at radius 3 is 2.81 bits per heavy atom. The van der Waals surface area contributed by atoms with Crippen molar-refractivity contribution in [2.24, 2.45) is 11.3 Å². The summed E-state index contributed by atoms with van der Waals surface area (Å²) in [6.07, 6.45) is 5.31. The summed E-state index contributed by atoms with van der Waals surface area (Å²) in [5.41, 5.74) is 2.69. The average Bonchev–Trinajstić information content (AvgIpc) is 2.87. The van der Waals surface area contributed by atoms with Crippen LogP contribution in [0.1, 0.15) is 32.8 Å². The van der Waals surface area contributed by atoms with Crippen molar-refractivity contribution in [2.45, 2.75) is 39.8 Å². The standard InChI is InChI=1S/C17H29N3O/c1-17(2,3)16-13(7-9-21-16)10-19-12-14-11-18-8-6-15(14)20(4)5/h6,8,11,13,16,19H,7,9-10,12H2,1-5H3/t13-,16+/m1/s1. The van der Waals surface area contributed by atoms with Crippen molar-refractivity contribution in [1.29, 1.82) is 0 Å². The summed E-state index contributed by atoms with van der Waals surface area (Å²) in [7, 11) is 4.14. The third-order valence-electron chi connectivity index (χ3n) is 4.15. The Balaban J connectivity index is 1.90. The third kappa shape index (κ3) is 4.17. The predicted molar refractivity (Wildman–Crippen MR) is 87.6 cm³/mol. The maximum Gasteiger partial charge on any atom is 0.0664 e. The minimum Gasteiger partial charge on any atom is -0.377 e. The van der Waals surface area contributed by atoms with Crippen LogP contribution in [0.4, 0.5) is 5.69 Å². The highest BCUT2D eigenvalue weighted by atomic mass is 16.5. The number of rotatable bonds is 5. The lowest BCUT2D eigenvalue weighted by Gasteiger charge is -2.31. The monoisotopic (exact) mass is 291 g/mol. The molecule has 0 unspecified atom stereocenters. The van der Waals surface area contributed by atoms with Gasteiger partial charge in [0.15, 0.2) is 0 Å².